The molecule has 3 nitrogen and oxygen atoms in total. The van der Waals surface area contributed by atoms with Crippen molar-refractivity contribution in [2.24, 2.45) is 5.92 Å². The Bertz CT molecular complexity index is 866. The summed E-state index contributed by atoms with van der Waals surface area (Å²) < 4.78 is 2.47. The van der Waals surface area contributed by atoms with Crippen molar-refractivity contribution in [1.82, 2.24) is 9.55 Å². The van der Waals surface area contributed by atoms with E-state index >= 15 is 0 Å². The number of benzene rings is 1. The first kappa shape index (κ1) is 31.6. The van der Waals surface area contributed by atoms with E-state index in [2.05, 4.69) is 24.5 Å². The zero-order valence-corrected chi connectivity index (χ0v) is 25.0. The normalized spacial score (nSPS) is 11.7. The zero-order valence-electron chi connectivity index (χ0n) is 25.0. The summed E-state index contributed by atoms with van der Waals surface area (Å²) in [5.74, 6) is 1.46. The molecule has 0 aliphatic heterocycles. The highest BCUT2D eigenvalue weighted by Crippen LogP contribution is 2.23. The first-order chi connectivity index (χ1) is 18.1. The van der Waals surface area contributed by atoms with Crippen molar-refractivity contribution < 1.29 is 4.79 Å². The van der Waals surface area contributed by atoms with E-state index in [0.717, 1.165) is 24.0 Å². The van der Waals surface area contributed by atoms with Crippen LogP contribution in [0.2, 0.25) is 0 Å². The monoisotopic (exact) mass is 510 g/mol. The van der Waals surface area contributed by atoms with Crippen LogP contribution in [0.1, 0.15) is 166 Å². The van der Waals surface area contributed by atoms with Crippen LogP contribution in [-0.2, 0) is 13.0 Å². The molecule has 0 saturated carbocycles. The molecule has 0 spiro atoms. The fourth-order valence-electron chi connectivity index (χ4n) is 5.46. The summed E-state index contributed by atoms with van der Waals surface area (Å²) in [7, 11) is 0. The summed E-state index contributed by atoms with van der Waals surface area (Å²) in [6, 6.07) is 6.20. The van der Waals surface area contributed by atoms with Gasteiger partial charge in [-0.15, -0.1) is 0 Å². The third-order valence-corrected chi connectivity index (χ3v) is 7.88. The number of carbonyl (C=O) groups excluding carboxylic acids is 1. The summed E-state index contributed by atoms with van der Waals surface area (Å²) in [6.45, 7) is 9.58. The maximum absolute atomic E-state index is 12.6. The SMILES string of the molecule is CCCCCCCCCCCCn1c(CCCCCCCCCCC)nc2cc(C(=O)C(C)C)ccc21. The van der Waals surface area contributed by atoms with Crippen molar-refractivity contribution in [3.8, 4) is 0 Å². The third kappa shape index (κ3) is 12.2. The fraction of sp³-hybridized carbons (Fsp3) is 0.765. The van der Waals surface area contributed by atoms with Crippen LogP contribution < -0.4 is 0 Å². The molecule has 1 heterocycles. The van der Waals surface area contributed by atoms with Crippen LogP contribution in [0.4, 0.5) is 0 Å². The number of Topliss-reactive ketones (excluding diaryl/α,β-unsaturated/α-hetero) is 1. The molecule has 0 amide bonds. The Morgan fingerprint density at radius 3 is 1.70 bits per heavy atom. The van der Waals surface area contributed by atoms with E-state index in [1.807, 2.05) is 26.0 Å². The van der Waals surface area contributed by atoms with E-state index in [9.17, 15) is 4.79 Å². The Labute approximate surface area is 229 Å². The van der Waals surface area contributed by atoms with Gasteiger partial charge in [0.15, 0.2) is 5.78 Å². The number of rotatable bonds is 23. The Kier molecular flexibility index (Phi) is 16.6. The molecule has 0 aliphatic rings. The molecule has 0 fully saturated rings. The minimum atomic E-state index is 0.0209. The van der Waals surface area contributed by atoms with Crippen LogP contribution in [-0.4, -0.2) is 15.3 Å². The molecule has 1 aromatic carbocycles. The molecule has 0 N–H and O–H groups in total. The van der Waals surface area contributed by atoms with Crippen molar-refractivity contribution in [3.63, 3.8) is 0 Å². The highest BCUT2D eigenvalue weighted by Gasteiger charge is 2.15. The number of carbonyl (C=O) groups is 1. The predicted octanol–water partition coefficient (Wildman–Crippen LogP) is 10.9. The second-order valence-electron chi connectivity index (χ2n) is 11.7. The van der Waals surface area contributed by atoms with E-state index in [1.165, 1.54) is 133 Å². The van der Waals surface area contributed by atoms with Gasteiger partial charge in [0.05, 0.1) is 11.0 Å². The van der Waals surface area contributed by atoms with Crippen LogP contribution in [0.25, 0.3) is 11.0 Å². The minimum absolute atomic E-state index is 0.0209. The lowest BCUT2D eigenvalue weighted by atomic mass is 10.0. The molecule has 0 bridgehead atoms. The number of hydrogen-bond acceptors (Lipinski definition) is 2. The van der Waals surface area contributed by atoms with Gasteiger partial charge in [0.1, 0.15) is 5.82 Å². The second kappa shape index (κ2) is 19.4. The highest BCUT2D eigenvalue weighted by atomic mass is 16.1. The zero-order chi connectivity index (χ0) is 26.7. The smallest absolute Gasteiger partial charge is 0.165 e. The predicted molar refractivity (Wildman–Crippen MR) is 162 cm³/mol. The van der Waals surface area contributed by atoms with Gasteiger partial charge in [-0.1, -0.05) is 137 Å². The maximum Gasteiger partial charge on any atom is 0.165 e. The number of unbranched alkanes of at least 4 members (excludes halogenated alkanes) is 17. The number of hydrogen-bond donors (Lipinski definition) is 0. The number of fused-ring (bicyclic) bond motifs is 1. The first-order valence-electron chi connectivity index (χ1n) is 16.1. The quantitative estimate of drug-likeness (QED) is 0.110. The van der Waals surface area contributed by atoms with Gasteiger partial charge in [-0.25, -0.2) is 4.98 Å². The van der Waals surface area contributed by atoms with Gasteiger partial charge in [-0.3, -0.25) is 4.79 Å². The van der Waals surface area contributed by atoms with E-state index in [-0.39, 0.29) is 11.7 Å². The number of ketones is 1. The van der Waals surface area contributed by atoms with Gasteiger partial charge >= 0.3 is 0 Å². The second-order valence-corrected chi connectivity index (χ2v) is 11.7. The highest BCUT2D eigenvalue weighted by molar-refractivity contribution is 6.00. The average Bonchev–Trinajstić information content (AvgIpc) is 3.24. The summed E-state index contributed by atoms with van der Waals surface area (Å²) in [5.41, 5.74) is 3.02. The van der Waals surface area contributed by atoms with Gasteiger partial charge < -0.3 is 4.57 Å². The lowest BCUT2D eigenvalue weighted by Crippen LogP contribution is -2.07. The van der Waals surface area contributed by atoms with Gasteiger partial charge in [0.25, 0.3) is 0 Å². The van der Waals surface area contributed by atoms with Gasteiger partial charge in [-0.2, -0.15) is 0 Å². The van der Waals surface area contributed by atoms with Crippen molar-refractivity contribution in [3.05, 3.63) is 29.6 Å². The fourth-order valence-corrected chi connectivity index (χ4v) is 5.46. The van der Waals surface area contributed by atoms with Crippen LogP contribution >= 0.6 is 0 Å². The van der Waals surface area contributed by atoms with Crippen LogP contribution in [0.15, 0.2) is 18.2 Å². The maximum atomic E-state index is 12.6. The van der Waals surface area contributed by atoms with E-state index < -0.39 is 0 Å². The summed E-state index contributed by atoms with van der Waals surface area (Å²) in [6.07, 6.45) is 26.8. The summed E-state index contributed by atoms with van der Waals surface area (Å²) in [4.78, 5) is 17.6. The summed E-state index contributed by atoms with van der Waals surface area (Å²) in [5, 5.41) is 0. The van der Waals surface area contributed by atoms with E-state index in [4.69, 9.17) is 4.98 Å². The molecule has 37 heavy (non-hydrogen) atoms. The van der Waals surface area contributed by atoms with Crippen molar-refractivity contribution in [2.75, 3.05) is 0 Å². The first-order valence-corrected chi connectivity index (χ1v) is 16.1. The molecule has 0 radical (unpaired) electrons. The van der Waals surface area contributed by atoms with Crippen molar-refractivity contribution in [1.29, 1.82) is 0 Å². The van der Waals surface area contributed by atoms with Crippen LogP contribution in [0, 0.1) is 5.92 Å². The lowest BCUT2D eigenvalue weighted by molar-refractivity contribution is 0.0939. The third-order valence-electron chi connectivity index (χ3n) is 7.88. The Hall–Kier alpha value is -1.64. The van der Waals surface area contributed by atoms with Crippen molar-refractivity contribution >= 4 is 16.8 Å². The molecule has 2 rings (SSSR count). The summed E-state index contributed by atoms with van der Waals surface area (Å²) >= 11 is 0. The lowest BCUT2D eigenvalue weighted by Gasteiger charge is -2.10. The van der Waals surface area contributed by atoms with Crippen molar-refractivity contribution in [2.45, 2.75) is 163 Å². The molecule has 3 heteroatoms. The minimum Gasteiger partial charge on any atom is -0.328 e. The van der Waals surface area contributed by atoms with Crippen LogP contribution in [0.5, 0.6) is 0 Å². The number of aromatic nitrogens is 2. The molecular formula is C34H58N2O. The molecule has 0 aliphatic carbocycles. The number of imidazole rings is 1. The Balaban J connectivity index is 1.87. The molecule has 0 unspecified atom stereocenters. The largest absolute Gasteiger partial charge is 0.328 e. The molecular weight excluding hydrogens is 452 g/mol. The molecule has 0 saturated heterocycles. The molecule has 0 atom stereocenters. The Morgan fingerprint density at radius 1 is 0.703 bits per heavy atom. The van der Waals surface area contributed by atoms with E-state index in [1.54, 1.807) is 0 Å². The average molecular weight is 511 g/mol. The van der Waals surface area contributed by atoms with Gasteiger partial charge in [-0.05, 0) is 31.0 Å². The topological polar surface area (TPSA) is 34.9 Å². The molecule has 2 aromatic rings. The molecule has 1 aromatic heterocycles. The van der Waals surface area contributed by atoms with E-state index in [0.29, 0.717) is 0 Å². The molecule has 210 valence electrons. The van der Waals surface area contributed by atoms with Crippen LogP contribution in [0.3, 0.4) is 0 Å². The number of nitrogens with zero attached hydrogens (tertiary/aromatic N) is 2. The number of aryl methyl sites for hydroxylation is 2. The standard InChI is InChI=1S/C34H58N2O/c1-5-7-9-11-13-15-17-19-21-23-27-36-32-26-25-30(34(37)29(3)4)28-31(32)35-33(36)24-22-20-18-16-14-12-10-8-6-2/h25-26,28-29H,5-24,27H2,1-4H3. The van der Waals surface area contributed by atoms with Gasteiger partial charge in [0, 0.05) is 24.4 Å². The van der Waals surface area contributed by atoms with Gasteiger partial charge in [0.2, 0.25) is 0 Å². The Morgan fingerprint density at radius 2 is 1.19 bits per heavy atom.